The van der Waals surface area contributed by atoms with Crippen LogP contribution in [0.3, 0.4) is 0 Å². The van der Waals surface area contributed by atoms with Gasteiger partial charge in [-0.05, 0) is 29.3 Å². The van der Waals surface area contributed by atoms with E-state index in [0.29, 0.717) is 21.2 Å². The molecule has 0 N–H and O–H groups in total. The summed E-state index contributed by atoms with van der Waals surface area (Å²) >= 11 is 11.9. The van der Waals surface area contributed by atoms with Gasteiger partial charge in [-0.3, -0.25) is 4.79 Å². The summed E-state index contributed by atoms with van der Waals surface area (Å²) in [4.78, 5) is 11.9. The van der Waals surface area contributed by atoms with Crippen LogP contribution in [-0.4, -0.2) is 5.78 Å². The Balaban J connectivity index is 2.08. The van der Waals surface area contributed by atoms with Crippen LogP contribution in [0.15, 0.2) is 42.5 Å². The number of hydrogen-bond acceptors (Lipinski definition) is 1. The maximum absolute atomic E-state index is 13.0. The molecule has 0 aliphatic heterocycles. The van der Waals surface area contributed by atoms with Gasteiger partial charge in [-0.2, -0.15) is 0 Å². The van der Waals surface area contributed by atoms with Gasteiger partial charge >= 0.3 is 0 Å². The quantitative estimate of drug-likeness (QED) is 0.812. The molecular formula is C15H11Cl2FO. The van der Waals surface area contributed by atoms with Crippen molar-refractivity contribution >= 4 is 29.0 Å². The van der Waals surface area contributed by atoms with Crippen LogP contribution in [0.4, 0.5) is 4.39 Å². The first-order valence-corrected chi connectivity index (χ1v) is 6.51. The number of carbonyl (C=O) groups excluding carboxylic acids is 1. The molecule has 0 saturated heterocycles. The first-order chi connectivity index (χ1) is 9.06. The number of carbonyl (C=O) groups is 1. The van der Waals surface area contributed by atoms with E-state index in [9.17, 15) is 9.18 Å². The Morgan fingerprint density at radius 3 is 2.53 bits per heavy atom. The van der Waals surface area contributed by atoms with Crippen molar-refractivity contribution in [2.75, 3.05) is 0 Å². The Labute approximate surface area is 121 Å². The van der Waals surface area contributed by atoms with Gasteiger partial charge in [-0.1, -0.05) is 47.5 Å². The van der Waals surface area contributed by atoms with Crippen molar-refractivity contribution < 1.29 is 9.18 Å². The Bertz CT molecular complexity index is 611. The maximum Gasteiger partial charge on any atom is 0.141 e. The standard InChI is InChI=1S/C15H11Cl2FO/c16-14-6-2-4-11(15(14)17)9-13(19)8-10-3-1-5-12(18)7-10/h1-7H,8-9H2. The highest BCUT2D eigenvalue weighted by atomic mass is 35.5. The lowest BCUT2D eigenvalue weighted by Gasteiger charge is -2.05. The van der Waals surface area contributed by atoms with Gasteiger partial charge < -0.3 is 0 Å². The average molecular weight is 297 g/mol. The lowest BCUT2D eigenvalue weighted by atomic mass is 10.0. The molecule has 0 radical (unpaired) electrons. The van der Waals surface area contributed by atoms with Crippen LogP contribution in [0.25, 0.3) is 0 Å². The summed E-state index contributed by atoms with van der Waals surface area (Å²) in [7, 11) is 0. The van der Waals surface area contributed by atoms with E-state index in [2.05, 4.69) is 0 Å². The van der Waals surface area contributed by atoms with Gasteiger partial charge in [0.05, 0.1) is 10.0 Å². The molecule has 98 valence electrons. The van der Waals surface area contributed by atoms with E-state index in [1.165, 1.54) is 12.1 Å². The fraction of sp³-hybridized carbons (Fsp3) is 0.133. The van der Waals surface area contributed by atoms with Crippen LogP contribution in [-0.2, 0) is 17.6 Å². The molecule has 1 nitrogen and oxygen atoms in total. The number of ketones is 1. The molecule has 0 amide bonds. The lowest BCUT2D eigenvalue weighted by Crippen LogP contribution is -2.07. The highest BCUT2D eigenvalue weighted by Crippen LogP contribution is 2.26. The third kappa shape index (κ3) is 3.79. The minimum Gasteiger partial charge on any atom is -0.299 e. The highest BCUT2D eigenvalue weighted by Gasteiger charge is 2.10. The third-order valence-electron chi connectivity index (χ3n) is 2.71. The number of benzene rings is 2. The van der Waals surface area contributed by atoms with Crippen molar-refractivity contribution in [2.45, 2.75) is 12.8 Å². The van der Waals surface area contributed by atoms with Crippen molar-refractivity contribution in [1.29, 1.82) is 0 Å². The fourth-order valence-corrected chi connectivity index (χ4v) is 2.22. The summed E-state index contributed by atoms with van der Waals surface area (Å²) in [6.45, 7) is 0. The third-order valence-corrected chi connectivity index (χ3v) is 3.57. The molecule has 2 aromatic rings. The number of rotatable bonds is 4. The van der Waals surface area contributed by atoms with E-state index in [0.717, 1.165) is 0 Å². The molecule has 0 aliphatic carbocycles. The Hall–Kier alpha value is -1.38. The monoisotopic (exact) mass is 296 g/mol. The first kappa shape index (κ1) is 14.0. The number of hydrogen-bond donors (Lipinski definition) is 0. The van der Waals surface area contributed by atoms with Crippen LogP contribution < -0.4 is 0 Å². The van der Waals surface area contributed by atoms with E-state index >= 15 is 0 Å². The smallest absolute Gasteiger partial charge is 0.141 e. The van der Waals surface area contributed by atoms with Crippen LogP contribution in [0, 0.1) is 5.82 Å². The second-order valence-electron chi connectivity index (χ2n) is 4.24. The summed E-state index contributed by atoms with van der Waals surface area (Å²) in [5, 5.41) is 0.828. The predicted octanol–water partition coefficient (Wildman–Crippen LogP) is 4.49. The Morgan fingerprint density at radius 2 is 1.79 bits per heavy atom. The maximum atomic E-state index is 13.0. The first-order valence-electron chi connectivity index (χ1n) is 5.75. The molecule has 0 heterocycles. The van der Waals surface area contributed by atoms with Gasteiger partial charge in [0.1, 0.15) is 11.6 Å². The second kappa shape index (κ2) is 6.18. The van der Waals surface area contributed by atoms with Gasteiger partial charge in [-0.15, -0.1) is 0 Å². The molecule has 2 aromatic carbocycles. The van der Waals surface area contributed by atoms with Gasteiger partial charge in [-0.25, -0.2) is 4.39 Å². The van der Waals surface area contributed by atoms with Crippen molar-refractivity contribution in [3.05, 3.63) is 69.5 Å². The van der Waals surface area contributed by atoms with E-state index in [1.807, 2.05) is 0 Å². The Morgan fingerprint density at radius 1 is 1.05 bits per heavy atom. The summed E-state index contributed by atoms with van der Waals surface area (Å²) in [5.74, 6) is -0.374. The van der Waals surface area contributed by atoms with Gasteiger partial charge in [0.15, 0.2) is 0 Å². The van der Waals surface area contributed by atoms with E-state index in [4.69, 9.17) is 23.2 Å². The molecule has 0 unspecified atom stereocenters. The Kier molecular flexibility index (Phi) is 4.56. The molecule has 0 bridgehead atoms. The van der Waals surface area contributed by atoms with Crippen LogP contribution >= 0.6 is 23.2 Å². The predicted molar refractivity (Wildman–Crippen MR) is 75.3 cm³/mol. The number of halogens is 3. The normalized spacial score (nSPS) is 10.5. The summed E-state index contributed by atoms with van der Waals surface area (Å²) in [6, 6.07) is 11.2. The van der Waals surface area contributed by atoms with E-state index in [-0.39, 0.29) is 24.4 Å². The van der Waals surface area contributed by atoms with Crippen molar-refractivity contribution in [1.82, 2.24) is 0 Å². The minimum absolute atomic E-state index is 0.0326. The molecular weight excluding hydrogens is 286 g/mol. The average Bonchev–Trinajstić information content (AvgIpc) is 2.35. The summed E-state index contributed by atoms with van der Waals surface area (Å²) < 4.78 is 13.0. The van der Waals surface area contributed by atoms with Crippen LogP contribution in [0.2, 0.25) is 10.0 Å². The molecule has 4 heteroatoms. The highest BCUT2D eigenvalue weighted by molar-refractivity contribution is 6.42. The molecule has 19 heavy (non-hydrogen) atoms. The van der Waals surface area contributed by atoms with Crippen molar-refractivity contribution in [3.8, 4) is 0 Å². The van der Waals surface area contributed by atoms with E-state index < -0.39 is 0 Å². The van der Waals surface area contributed by atoms with E-state index in [1.54, 1.807) is 30.3 Å². The second-order valence-corrected chi connectivity index (χ2v) is 5.02. The number of Topliss-reactive ketones (excluding diaryl/α,β-unsaturated/α-hetero) is 1. The molecule has 0 fully saturated rings. The topological polar surface area (TPSA) is 17.1 Å². The van der Waals surface area contributed by atoms with Gasteiger partial charge in [0.2, 0.25) is 0 Å². The zero-order valence-corrected chi connectivity index (χ0v) is 11.5. The summed E-state index contributed by atoms with van der Waals surface area (Å²) in [5.41, 5.74) is 1.35. The largest absolute Gasteiger partial charge is 0.299 e. The minimum atomic E-state index is -0.342. The molecule has 0 aromatic heterocycles. The van der Waals surface area contributed by atoms with Crippen molar-refractivity contribution in [3.63, 3.8) is 0 Å². The summed E-state index contributed by atoms with van der Waals surface area (Å²) in [6.07, 6.45) is 0.372. The van der Waals surface area contributed by atoms with Gasteiger partial charge in [0.25, 0.3) is 0 Å². The lowest BCUT2D eigenvalue weighted by molar-refractivity contribution is -0.117. The zero-order chi connectivity index (χ0) is 13.8. The molecule has 0 saturated carbocycles. The van der Waals surface area contributed by atoms with Crippen LogP contribution in [0.5, 0.6) is 0 Å². The SMILES string of the molecule is O=C(Cc1cccc(F)c1)Cc1cccc(Cl)c1Cl. The molecule has 2 rings (SSSR count). The van der Waals surface area contributed by atoms with Crippen LogP contribution in [0.1, 0.15) is 11.1 Å². The zero-order valence-electron chi connectivity index (χ0n) is 10.00. The molecule has 0 spiro atoms. The molecule has 0 atom stereocenters. The van der Waals surface area contributed by atoms with Gasteiger partial charge in [0, 0.05) is 12.8 Å². The molecule has 0 aliphatic rings. The van der Waals surface area contributed by atoms with Crippen molar-refractivity contribution in [2.24, 2.45) is 0 Å². The fourth-order valence-electron chi connectivity index (χ4n) is 1.83.